The van der Waals surface area contributed by atoms with E-state index in [1.165, 1.54) is 20.8 Å². The summed E-state index contributed by atoms with van der Waals surface area (Å²) in [4.78, 5) is 52.0. The summed E-state index contributed by atoms with van der Waals surface area (Å²) >= 11 is 0. The summed E-state index contributed by atoms with van der Waals surface area (Å²) in [5, 5.41) is 4.81. The molecule has 17 heteroatoms. The molecule has 0 spiro atoms. The molecule has 3 N–H and O–H groups in total. The predicted octanol–water partition coefficient (Wildman–Crippen LogP) is 1.96. The Hall–Kier alpha value is -2.85. The summed E-state index contributed by atoms with van der Waals surface area (Å²) in [6, 6.07) is -6.56. The van der Waals surface area contributed by atoms with Gasteiger partial charge in [-0.1, -0.05) is 20.8 Å². The third kappa shape index (κ3) is 7.37. The zero-order valence-electron chi connectivity index (χ0n) is 23.4. The van der Waals surface area contributed by atoms with E-state index in [1.807, 2.05) is 0 Å². The SMILES string of the molecule is CC(C)(C)[C@H](NC(=O)C(F)(F)F)C(=O)N1[C@@H]2CC[C@H]([C@H]1C(=O)N[C@H](/C=C(\F)S(C)(=O)=O)C[C@H]1CCNC1=O)C(F)(F)C2. The van der Waals surface area contributed by atoms with Gasteiger partial charge in [0.15, 0.2) is 0 Å². The van der Waals surface area contributed by atoms with Crippen LogP contribution in [0.5, 0.6) is 0 Å². The summed E-state index contributed by atoms with van der Waals surface area (Å²) in [6.07, 6.45) is -5.38. The van der Waals surface area contributed by atoms with Gasteiger partial charge in [-0.15, -0.1) is 0 Å². The Bertz CT molecular complexity index is 1250. The van der Waals surface area contributed by atoms with Gasteiger partial charge >= 0.3 is 12.1 Å². The molecule has 1 saturated carbocycles. The summed E-state index contributed by atoms with van der Waals surface area (Å²) < 4.78 is 107. The van der Waals surface area contributed by atoms with Crippen LogP contribution < -0.4 is 16.0 Å². The van der Waals surface area contributed by atoms with Crippen LogP contribution in [0.15, 0.2) is 11.2 Å². The zero-order valence-corrected chi connectivity index (χ0v) is 24.2. The van der Waals surface area contributed by atoms with Gasteiger partial charge in [0.25, 0.3) is 5.92 Å². The van der Waals surface area contributed by atoms with Crippen molar-refractivity contribution in [1.82, 2.24) is 20.9 Å². The van der Waals surface area contributed by atoms with Crippen molar-refractivity contribution in [1.29, 1.82) is 0 Å². The first kappa shape index (κ1) is 33.6. The van der Waals surface area contributed by atoms with E-state index >= 15 is 8.78 Å². The van der Waals surface area contributed by atoms with Gasteiger partial charge < -0.3 is 20.9 Å². The predicted molar refractivity (Wildman–Crippen MR) is 136 cm³/mol. The molecule has 0 aromatic rings. The Morgan fingerprint density at radius 1 is 1.12 bits per heavy atom. The van der Waals surface area contributed by atoms with Crippen LogP contribution in [-0.4, -0.2) is 86.0 Å². The van der Waals surface area contributed by atoms with E-state index in [1.54, 1.807) is 5.32 Å². The molecule has 0 unspecified atom stereocenters. The third-order valence-corrected chi connectivity index (χ3v) is 8.66. The molecule has 0 aromatic carbocycles. The number of piperidine rings is 2. The van der Waals surface area contributed by atoms with Crippen molar-refractivity contribution in [2.45, 2.75) is 89.1 Å². The first-order valence-corrected chi connectivity index (χ1v) is 15.2. The van der Waals surface area contributed by atoms with Crippen molar-refractivity contribution in [3.05, 3.63) is 11.2 Å². The number of halogens is 6. The van der Waals surface area contributed by atoms with Gasteiger partial charge in [0.1, 0.15) is 12.1 Å². The Morgan fingerprint density at radius 3 is 2.21 bits per heavy atom. The number of fused-ring (bicyclic) bond motifs is 3. The number of amides is 4. The molecule has 0 radical (unpaired) electrons. The summed E-state index contributed by atoms with van der Waals surface area (Å²) in [6.45, 7) is 4.31. The molecule has 4 fully saturated rings. The fourth-order valence-electron chi connectivity index (χ4n) is 5.73. The minimum atomic E-state index is -5.36. The number of rotatable bonds is 8. The maximum absolute atomic E-state index is 15.1. The highest BCUT2D eigenvalue weighted by Gasteiger charge is 2.61. The summed E-state index contributed by atoms with van der Waals surface area (Å²) in [5.74, 6) is -11.3. The lowest BCUT2D eigenvalue weighted by Gasteiger charge is -2.55. The highest BCUT2D eigenvalue weighted by Crippen LogP contribution is 2.49. The summed E-state index contributed by atoms with van der Waals surface area (Å²) in [5.41, 5.74) is -1.35. The molecule has 3 heterocycles. The van der Waals surface area contributed by atoms with Crippen LogP contribution in [0.1, 0.15) is 52.9 Å². The number of alkyl halides is 5. The molecule has 4 rings (SSSR count). The maximum atomic E-state index is 15.1. The Labute approximate surface area is 238 Å². The van der Waals surface area contributed by atoms with Gasteiger partial charge in [-0.25, -0.2) is 17.2 Å². The average Bonchev–Trinajstić information content (AvgIpc) is 3.22. The van der Waals surface area contributed by atoms with E-state index in [0.29, 0.717) is 12.3 Å². The van der Waals surface area contributed by atoms with Crippen LogP contribution in [0.25, 0.3) is 0 Å². The van der Waals surface area contributed by atoms with Gasteiger partial charge in [-0.2, -0.15) is 17.6 Å². The second-order valence-corrected chi connectivity index (χ2v) is 14.1. The Kier molecular flexibility index (Phi) is 9.36. The van der Waals surface area contributed by atoms with E-state index in [2.05, 4.69) is 10.6 Å². The summed E-state index contributed by atoms with van der Waals surface area (Å²) in [7, 11) is -4.38. The lowest BCUT2D eigenvalue weighted by Crippen LogP contribution is -2.71. The van der Waals surface area contributed by atoms with Gasteiger partial charge in [0.2, 0.25) is 32.7 Å². The molecule has 1 aliphatic carbocycles. The van der Waals surface area contributed by atoms with Crippen molar-refractivity contribution in [2.24, 2.45) is 17.3 Å². The van der Waals surface area contributed by atoms with E-state index in [9.17, 15) is 45.2 Å². The topological polar surface area (TPSA) is 142 Å². The standard InChI is InChI=1S/C25H34F6N4O6S/c1-23(2,3)18(34-22(39)25(29,30)31)21(38)35-14-5-6-15(24(27,28)11-14)17(35)20(37)33-13(10-16(26)42(4,40)41)9-12-7-8-32-19(12)36/h10,12-15,17-18H,5-9,11H2,1-4H3,(H,32,36)(H,33,37)(H,34,39)/b16-10+/t12-,13+,14-,15-,17+,18-/m1/s1. The molecule has 4 amide bonds. The smallest absolute Gasteiger partial charge is 0.356 e. The molecule has 4 aliphatic rings. The first-order valence-electron chi connectivity index (χ1n) is 13.3. The number of nitrogens with zero attached hydrogens (tertiary/aromatic N) is 1. The third-order valence-electron chi connectivity index (χ3n) is 7.82. The number of carbonyl (C=O) groups excluding carboxylic acids is 4. The highest BCUT2D eigenvalue weighted by molar-refractivity contribution is 7.94. The van der Waals surface area contributed by atoms with E-state index in [4.69, 9.17) is 0 Å². The fourth-order valence-corrected chi connectivity index (χ4v) is 6.14. The highest BCUT2D eigenvalue weighted by atomic mass is 32.2. The van der Waals surface area contributed by atoms with E-state index in [0.717, 1.165) is 4.90 Å². The molecule has 10 nitrogen and oxygen atoms in total. The van der Waals surface area contributed by atoms with Gasteiger partial charge in [-0.3, -0.25) is 19.2 Å². The van der Waals surface area contributed by atoms with Crippen LogP contribution in [0, 0.1) is 17.3 Å². The zero-order chi connectivity index (χ0) is 32.0. The largest absolute Gasteiger partial charge is 0.471 e. The van der Waals surface area contributed by atoms with Crippen LogP contribution >= 0.6 is 0 Å². The molecular formula is C25H34F6N4O6S. The number of nitrogens with one attached hydrogen (secondary N) is 3. The van der Waals surface area contributed by atoms with Crippen molar-refractivity contribution in [3.63, 3.8) is 0 Å². The number of hydrogen-bond acceptors (Lipinski definition) is 6. The van der Waals surface area contributed by atoms with Crippen LogP contribution in [0.2, 0.25) is 0 Å². The van der Waals surface area contributed by atoms with Crippen molar-refractivity contribution in [3.8, 4) is 0 Å². The second-order valence-electron chi connectivity index (χ2n) is 12.1. The molecule has 2 bridgehead atoms. The van der Waals surface area contributed by atoms with Crippen molar-refractivity contribution >= 4 is 33.5 Å². The molecular weight excluding hydrogens is 598 g/mol. The van der Waals surface area contributed by atoms with Gasteiger partial charge in [0, 0.05) is 31.2 Å². The van der Waals surface area contributed by atoms with Crippen LogP contribution in [0.3, 0.4) is 0 Å². The average molecular weight is 633 g/mol. The molecule has 3 saturated heterocycles. The molecule has 3 aliphatic heterocycles. The molecule has 42 heavy (non-hydrogen) atoms. The van der Waals surface area contributed by atoms with Gasteiger partial charge in [-0.05, 0) is 37.2 Å². The number of sulfone groups is 1. The number of hydrogen-bond donors (Lipinski definition) is 3. The monoisotopic (exact) mass is 632 g/mol. The fraction of sp³-hybridized carbons (Fsp3) is 0.760. The number of carbonyl (C=O) groups is 4. The van der Waals surface area contributed by atoms with Crippen molar-refractivity contribution in [2.75, 3.05) is 12.8 Å². The van der Waals surface area contributed by atoms with Crippen LogP contribution in [-0.2, 0) is 29.0 Å². The first-order chi connectivity index (χ1) is 19.0. The quantitative estimate of drug-likeness (QED) is 0.350. The normalized spacial score (nSPS) is 27.7. The Balaban J connectivity index is 2.00. The Morgan fingerprint density at radius 2 is 1.74 bits per heavy atom. The van der Waals surface area contributed by atoms with E-state index in [-0.39, 0.29) is 32.2 Å². The lowest BCUT2D eigenvalue weighted by molar-refractivity contribution is -0.197. The molecule has 0 aromatic heterocycles. The molecule has 238 valence electrons. The maximum Gasteiger partial charge on any atom is 0.471 e. The minimum absolute atomic E-state index is 0.00808. The second kappa shape index (κ2) is 11.7. The van der Waals surface area contributed by atoms with Gasteiger partial charge in [0.05, 0.1) is 12.0 Å². The van der Waals surface area contributed by atoms with E-state index < -0.39 is 98.6 Å². The van der Waals surface area contributed by atoms with Crippen LogP contribution in [0.4, 0.5) is 26.3 Å². The lowest BCUT2D eigenvalue weighted by atomic mass is 9.70. The van der Waals surface area contributed by atoms with Crippen molar-refractivity contribution < 1.29 is 53.9 Å². The molecule has 6 atom stereocenters. The minimum Gasteiger partial charge on any atom is -0.356 e.